The van der Waals surface area contributed by atoms with Crippen molar-refractivity contribution in [3.63, 3.8) is 0 Å². The fourth-order valence-corrected chi connectivity index (χ4v) is 4.82. The molecule has 0 aliphatic heterocycles. The smallest absolute Gasteiger partial charge is 0.630 e. The maximum Gasteiger partial charge on any atom is 1.00 e. The van der Waals surface area contributed by atoms with E-state index in [9.17, 15) is 4.79 Å². The second kappa shape index (κ2) is 20.3. The molecule has 0 spiro atoms. The number of rotatable bonds is 13. The van der Waals surface area contributed by atoms with Crippen molar-refractivity contribution in [2.45, 2.75) is 43.1 Å². The van der Waals surface area contributed by atoms with E-state index in [4.69, 9.17) is 33.6 Å². The van der Waals surface area contributed by atoms with Crippen LogP contribution >= 0.6 is 46.9 Å². The van der Waals surface area contributed by atoms with Gasteiger partial charge in [0.05, 0.1) is 16.6 Å². The van der Waals surface area contributed by atoms with Gasteiger partial charge < -0.3 is 20.6 Å². The van der Waals surface area contributed by atoms with E-state index in [0.717, 1.165) is 28.9 Å². The zero-order chi connectivity index (χ0) is 26.4. The first-order chi connectivity index (χ1) is 16.7. The predicted molar refractivity (Wildman–Crippen MR) is 152 cm³/mol. The van der Waals surface area contributed by atoms with E-state index in [-0.39, 0.29) is 63.5 Å². The van der Waals surface area contributed by atoms with E-state index in [0.29, 0.717) is 34.2 Å². The Hall–Kier alpha value is 0.406. The summed E-state index contributed by atoms with van der Waals surface area (Å²) < 4.78 is 3.27. The third-order valence-corrected chi connectivity index (χ3v) is 7.15. The summed E-state index contributed by atoms with van der Waals surface area (Å²) in [6.45, 7) is 11.3. The van der Waals surface area contributed by atoms with Crippen LogP contribution in [-0.2, 0) is 4.79 Å². The van der Waals surface area contributed by atoms with Crippen molar-refractivity contribution >= 4 is 52.8 Å². The molecule has 0 unspecified atom stereocenters. The molecule has 11 heteroatoms. The largest absolute Gasteiger partial charge is 1.00 e. The topological polar surface area (TPSA) is 78.7 Å². The number of halogens is 2. The van der Waals surface area contributed by atoms with Crippen molar-refractivity contribution in [2.75, 3.05) is 27.5 Å². The van der Waals surface area contributed by atoms with Crippen molar-refractivity contribution in [1.29, 1.82) is 0 Å². The van der Waals surface area contributed by atoms with E-state index in [1.807, 2.05) is 49.2 Å². The number of nitrogens with one attached hydrogen (secondary N) is 2. The molecule has 0 aliphatic rings. The van der Waals surface area contributed by atoms with Crippen LogP contribution in [0.15, 0.2) is 63.7 Å². The van der Waals surface area contributed by atoms with Crippen molar-refractivity contribution < 1.29 is 61.3 Å². The molecular formula is C25H35Cl2KN4O2S2. The number of aliphatic hydroxyl groups is 1. The second-order valence-corrected chi connectivity index (χ2v) is 11.0. The molecule has 0 bridgehead atoms. The summed E-state index contributed by atoms with van der Waals surface area (Å²) in [6, 6.07) is 13.4. The fraction of sp³-hybridized carbons (Fsp3) is 0.400. The van der Waals surface area contributed by atoms with Crippen LogP contribution < -0.4 is 61.4 Å². The van der Waals surface area contributed by atoms with Gasteiger partial charge in [0.15, 0.2) is 0 Å². The van der Waals surface area contributed by atoms with Crippen molar-refractivity contribution in [3.05, 3.63) is 74.9 Å². The molecule has 2 rings (SSSR count). The van der Waals surface area contributed by atoms with Gasteiger partial charge in [-0.15, -0.1) is 0 Å². The molecular weight excluding hydrogens is 562 g/mol. The van der Waals surface area contributed by atoms with E-state index in [2.05, 4.69) is 30.5 Å². The number of amides is 1. The molecule has 1 atom stereocenters. The molecule has 3 N–H and O–H groups in total. The Morgan fingerprint density at radius 3 is 2.44 bits per heavy atom. The van der Waals surface area contributed by atoms with Crippen molar-refractivity contribution in [2.24, 2.45) is 5.92 Å². The monoisotopic (exact) mass is 596 g/mol. The molecule has 0 aromatic heterocycles. The first-order valence-electron chi connectivity index (χ1n) is 11.0. The zero-order valence-corrected chi connectivity index (χ0v) is 28.1. The summed E-state index contributed by atoms with van der Waals surface area (Å²) in [5, 5.41) is 16.0. The third kappa shape index (κ3) is 14.5. The molecule has 0 aliphatic carbocycles. The molecule has 194 valence electrons. The van der Waals surface area contributed by atoms with Gasteiger partial charge in [-0.25, -0.2) is 4.72 Å². The quantitative estimate of drug-likeness (QED) is 0.108. The van der Waals surface area contributed by atoms with Crippen LogP contribution in [0.2, 0.25) is 10.0 Å². The number of aryl methyl sites for hydroxylation is 1. The Morgan fingerprint density at radius 2 is 1.83 bits per heavy atom. The van der Waals surface area contributed by atoms with Gasteiger partial charge in [0.1, 0.15) is 0 Å². The predicted octanol–water partition coefficient (Wildman–Crippen LogP) is 3.53. The van der Waals surface area contributed by atoms with E-state index >= 15 is 0 Å². The molecule has 2 aromatic carbocycles. The van der Waals surface area contributed by atoms with Crippen LogP contribution in [0.25, 0.3) is 5.32 Å². The van der Waals surface area contributed by atoms with Gasteiger partial charge in [0.2, 0.25) is 0 Å². The normalized spacial score (nSPS) is 11.4. The minimum atomic E-state index is -0.285. The van der Waals surface area contributed by atoms with E-state index < -0.39 is 0 Å². The molecule has 0 radical (unpaired) electrons. The van der Waals surface area contributed by atoms with E-state index in [1.54, 1.807) is 12.1 Å². The summed E-state index contributed by atoms with van der Waals surface area (Å²) in [5.74, 6) is 0.203. The molecule has 0 heterocycles. The summed E-state index contributed by atoms with van der Waals surface area (Å²) in [6.07, 6.45) is 0.470. The fourth-order valence-electron chi connectivity index (χ4n) is 2.77. The van der Waals surface area contributed by atoms with Crippen LogP contribution in [0.4, 0.5) is 0 Å². The Balaban J connectivity index is 0.00000398. The number of benzene rings is 2. The van der Waals surface area contributed by atoms with Crippen LogP contribution in [0.1, 0.15) is 25.8 Å². The SMILES string of the molecule is C=C(Sc1ccccc1C)C(=O)N[C@@H](CC(C)C)[N-]CN(C)CNSc1ccc(Cl)cc1Cl.CO.[K+]. The molecule has 0 fully saturated rings. The van der Waals surface area contributed by atoms with Crippen LogP contribution in [0.5, 0.6) is 0 Å². The molecule has 36 heavy (non-hydrogen) atoms. The van der Waals surface area contributed by atoms with Crippen LogP contribution in [-0.4, -0.2) is 49.6 Å². The zero-order valence-electron chi connectivity index (χ0n) is 21.8. The summed E-state index contributed by atoms with van der Waals surface area (Å²) in [4.78, 5) is 17.1. The van der Waals surface area contributed by atoms with Gasteiger partial charge in [0, 0.05) is 21.9 Å². The van der Waals surface area contributed by atoms with Gasteiger partial charge in [0.25, 0.3) is 5.91 Å². The number of hydrogen-bond acceptors (Lipinski definition) is 6. The molecule has 1 amide bonds. The molecule has 0 saturated heterocycles. The van der Waals surface area contributed by atoms with Gasteiger partial charge >= 0.3 is 51.4 Å². The average Bonchev–Trinajstić information content (AvgIpc) is 2.81. The number of aliphatic hydroxyl groups excluding tert-OH is 1. The Bertz CT molecular complexity index is 954. The minimum Gasteiger partial charge on any atom is -0.630 e. The Morgan fingerprint density at radius 1 is 1.17 bits per heavy atom. The maximum absolute atomic E-state index is 12.7. The second-order valence-electron chi connectivity index (χ2n) is 8.07. The van der Waals surface area contributed by atoms with E-state index in [1.165, 1.54) is 23.7 Å². The Kier molecular flexibility index (Phi) is 20.6. The van der Waals surface area contributed by atoms with Gasteiger partial charge in [-0.1, -0.05) is 86.4 Å². The van der Waals surface area contributed by atoms with Crippen LogP contribution in [0, 0.1) is 12.8 Å². The number of carbonyl (C=O) groups is 1. The maximum atomic E-state index is 12.7. The van der Waals surface area contributed by atoms with Crippen LogP contribution in [0.3, 0.4) is 0 Å². The molecule has 2 aromatic rings. The number of nitrogens with zero attached hydrogens (tertiary/aromatic N) is 2. The van der Waals surface area contributed by atoms with Gasteiger partial charge in [-0.2, -0.15) is 0 Å². The molecule has 0 saturated carbocycles. The summed E-state index contributed by atoms with van der Waals surface area (Å²) in [7, 11) is 2.96. The number of hydrogen-bond donors (Lipinski definition) is 3. The van der Waals surface area contributed by atoms with Gasteiger partial charge in [-0.05, 0) is 68.1 Å². The summed E-state index contributed by atoms with van der Waals surface area (Å²) in [5.41, 5.74) is 1.12. The molecule has 6 nitrogen and oxygen atoms in total. The first-order valence-corrected chi connectivity index (χ1v) is 13.4. The average molecular weight is 598 g/mol. The number of carbonyl (C=O) groups excluding carboxylic acids is 1. The third-order valence-electron chi connectivity index (χ3n) is 4.53. The Labute approximate surface area is 277 Å². The van der Waals surface area contributed by atoms with Crippen molar-refractivity contribution in [3.8, 4) is 0 Å². The summed E-state index contributed by atoms with van der Waals surface area (Å²) >= 11 is 15.0. The number of thioether (sulfide) groups is 1. The van der Waals surface area contributed by atoms with Gasteiger partial charge in [-0.3, -0.25) is 4.79 Å². The minimum absolute atomic E-state index is 0. The standard InChI is InChI=1S/C24H31Cl2N4OS2.CH4O.K/c1-16(2)12-23(29-24(31)18(4)32-21-9-7-6-8-17(21)3)27-14-30(5)15-28-33-22-11-10-19(25)13-20(22)26;1-2;/h6-11,13,16,23,28H,4,12,14-15H2,1-3,5H3,(H,29,31);2H,1H3;/q-1;;+1/t23-;;/m0../s1. The van der Waals surface area contributed by atoms with Crippen molar-refractivity contribution in [1.82, 2.24) is 14.9 Å². The first kappa shape index (κ1) is 36.4.